The number of fused-ring (bicyclic) bond motifs is 16. The van der Waals surface area contributed by atoms with Gasteiger partial charge in [0.15, 0.2) is 0 Å². The van der Waals surface area contributed by atoms with E-state index in [1.807, 2.05) is 12.1 Å². The van der Waals surface area contributed by atoms with Gasteiger partial charge in [-0.3, -0.25) is 0 Å². The molecule has 8 nitrogen and oxygen atoms in total. The number of rotatable bonds is 6. The summed E-state index contributed by atoms with van der Waals surface area (Å²) < 4.78 is 0. The molecule has 13 rings (SSSR count). The minimum atomic E-state index is 0.378. The topological polar surface area (TPSA) is 115 Å². The molecule has 0 spiro atoms. The van der Waals surface area contributed by atoms with Crippen molar-refractivity contribution in [2.45, 2.75) is 32.6 Å². The fraction of sp³-hybridized carbons (Fsp3) is 0.0769. The molecule has 3 aromatic carbocycles. The number of hydrogen-bond acceptors (Lipinski definition) is 4. The first-order chi connectivity index (χ1) is 36.0. The van der Waals surface area contributed by atoms with Gasteiger partial charge in [0.25, 0.3) is 0 Å². The van der Waals surface area contributed by atoms with E-state index >= 15 is 0 Å². The number of benzene rings is 3. The lowest BCUT2D eigenvalue weighted by atomic mass is 9.92. The van der Waals surface area contributed by atoms with Crippen LogP contribution >= 0.6 is 0 Å². The molecular formula is C65H48N8. The van der Waals surface area contributed by atoms with E-state index in [1.165, 1.54) is 5.56 Å². The summed E-state index contributed by atoms with van der Waals surface area (Å²) in [4.78, 5) is 35.7. The zero-order valence-electron chi connectivity index (χ0n) is 40.3. The Bertz CT molecular complexity index is 4180. The van der Waals surface area contributed by atoms with Crippen LogP contribution in [0.1, 0.15) is 94.8 Å². The fourth-order valence-corrected chi connectivity index (χ4v) is 10.5. The van der Waals surface area contributed by atoms with Crippen molar-refractivity contribution < 1.29 is 0 Å². The predicted molar refractivity (Wildman–Crippen MR) is 303 cm³/mol. The van der Waals surface area contributed by atoms with E-state index in [9.17, 15) is 0 Å². The van der Waals surface area contributed by atoms with Crippen LogP contribution in [0.15, 0.2) is 152 Å². The van der Waals surface area contributed by atoms with E-state index in [0.717, 1.165) is 147 Å². The highest BCUT2D eigenvalue weighted by atomic mass is 14.8. The number of aromatic nitrogens is 8. The van der Waals surface area contributed by atoms with E-state index in [2.05, 4.69) is 234 Å². The van der Waals surface area contributed by atoms with Gasteiger partial charge in [-0.1, -0.05) is 98.5 Å². The molecule has 4 aliphatic heterocycles. The smallest absolute Gasteiger partial charge is 0.0815 e. The second-order valence-corrected chi connectivity index (χ2v) is 18.7. The summed E-state index contributed by atoms with van der Waals surface area (Å²) >= 11 is 0. The molecule has 8 heteroatoms. The van der Waals surface area contributed by atoms with Crippen LogP contribution in [0.2, 0.25) is 0 Å². The molecule has 0 unspecified atom stereocenters. The van der Waals surface area contributed by atoms with E-state index in [0.29, 0.717) is 5.92 Å². The molecule has 9 aromatic rings. The Kier molecular flexibility index (Phi) is 10.9. The third-order valence-corrected chi connectivity index (χ3v) is 14.0. The second-order valence-electron chi connectivity index (χ2n) is 18.7. The molecule has 16 bridgehead atoms. The van der Waals surface area contributed by atoms with E-state index in [4.69, 9.17) is 19.9 Å². The maximum Gasteiger partial charge on any atom is 0.0815 e. The summed E-state index contributed by atoms with van der Waals surface area (Å²) in [7, 11) is 0. The predicted octanol–water partition coefficient (Wildman–Crippen LogP) is 15.9. The summed E-state index contributed by atoms with van der Waals surface area (Å²) in [5, 5.41) is 0. The fourth-order valence-electron chi connectivity index (χ4n) is 10.5. The van der Waals surface area contributed by atoms with Crippen molar-refractivity contribution in [2.24, 2.45) is 0 Å². The molecule has 0 fully saturated rings. The van der Waals surface area contributed by atoms with Gasteiger partial charge in [0.2, 0.25) is 0 Å². The molecule has 0 atom stereocenters. The summed E-state index contributed by atoms with van der Waals surface area (Å²) in [6.07, 6.45) is 18.8. The summed E-state index contributed by atoms with van der Waals surface area (Å²) in [5.41, 5.74) is 23.8. The maximum absolute atomic E-state index is 5.44. The Morgan fingerprint density at radius 2 is 0.795 bits per heavy atom. The molecule has 348 valence electrons. The minimum Gasteiger partial charge on any atom is -0.355 e. The Morgan fingerprint density at radius 1 is 0.370 bits per heavy atom. The number of H-pyrrole nitrogens is 4. The van der Waals surface area contributed by atoms with Gasteiger partial charge in [0.1, 0.15) is 0 Å². The number of nitrogens with one attached hydrogen (secondary N) is 4. The zero-order chi connectivity index (χ0) is 48.8. The summed E-state index contributed by atoms with van der Waals surface area (Å²) in [5.74, 6) is 7.44. The van der Waals surface area contributed by atoms with Gasteiger partial charge in [-0.2, -0.15) is 0 Å². The Balaban J connectivity index is 0.971. The van der Waals surface area contributed by atoms with Crippen LogP contribution < -0.4 is 0 Å². The summed E-state index contributed by atoms with van der Waals surface area (Å²) in [6, 6.07) is 52.7. The molecule has 0 radical (unpaired) electrons. The van der Waals surface area contributed by atoms with Crippen molar-refractivity contribution in [3.63, 3.8) is 0 Å². The first-order valence-electron chi connectivity index (χ1n) is 25.0. The minimum absolute atomic E-state index is 0.378. The van der Waals surface area contributed by atoms with Crippen LogP contribution in [-0.2, 0) is 0 Å². The highest BCUT2D eigenvalue weighted by molar-refractivity contribution is 5.98. The summed E-state index contributed by atoms with van der Waals surface area (Å²) in [6.45, 7) is 4.50. The Labute approximate surface area is 422 Å². The van der Waals surface area contributed by atoms with Gasteiger partial charge < -0.3 is 19.9 Å². The average molecular weight is 941 g/mol. The first-order valence-corrected chi connectivity index (χ1v) is 25.0. The van der Waals surface area contributed by atoms with Gasteiger partial charge in [0.05, 0.1) is 56.6 Å². The maximum atomic E-state index is 5.44. The van der Waals surface area contributed by atoms with Crippen molar-refractivity contribution in [1.82, 2.24) is 39.9 Å². The first kappa shape index (κ1) is 43.4. The number of aromatic amines is 4. The van der Waals surface area contributed by atoms with Gasteiger partial charge in [-0.25, -0.2) is 19.9 Å². The normalized spacial score (nSPS) is 12.4. The van der Waals surface area contributed by atoms with Gasteiger partial charge >= 0.3 is 0 Å². The molecular weight excluding hydrogens is 893 g/mol. The van der Waals surface area contributed by atoms with Crippen molar-refractivity contribution in [2.75, 3.05) is 0 Å². The molecule has 4 N–H and O–H groups in total. The number of nitrogens with zero attached hydrogens (tertiary/aromatic N) is 4. The quantitative estimate of drug-likeness (QED) is 0.124. The molecule has 0 aliphatic carbocycles. The highest BCUT2D eigenvalue weighted by Gasteiger charge is 2.19. The monoisotopic (exact) mass is 940 g/mol. The molecule has 0 amide bonds. The van der Waals surface area contributed by atoms with E-state index in [1.54, 1.807) is 0 Å². The van der Waals surface area contributed by atoms with Gasteiger partial charge in [0, 0.05) is 66.4 Å². The van der Waals surface area contributed by atoms with Gasteiger partial charge in [-0.05, 0) is 163 Å². The Hall–Kier alpha value is -9.58. The second kappa shape index (κ2) is 18.3. The molecule has 6 aromatic heterocycles. The molecule has 4 aliphatic rings. The third kappa shape index (κ3) is 8.33. The standard InChI is InChI=1S/C65H48N8/c1-3-41(4-2)62-54-29-22-47(68-54)37-45-20-27-52(66-45)51(53-28-21-46(67-53)38-48-23-30-55(62)69-48)26-17-40-15-18-44(19-16-40)65-60-35-33-58(72-60)63(42-11-7-5-8-12-42)56-31-24-49(70-56)39-50-25-32-57(71-50)64(43-13-9-6-10-14-43)59-34-36-61(65)73-59/h5-16,18-25,27-39,41,66,69-70,73H,3-4H2,1-2H3. The lowest BCUT2D eigenvalue weighted by Gasteiger charge is -2.14. The van der Waals surface area contributed by atoms with Crippen molar-refractivity contribution >= 4 is 92.7 Å². The average Bonchev–Trinajstić information content (AvgIpc) is 4.27. The molecule has 10 heterocycles. The number of hydrogen-bond donors (Lipinski definition) is 4. The van der Waals surface area contributed by atoms with Crippen molar-refractivity contribution in [1.29, 1.82) is 0 Å². The van der Waals surface area contributed by atoms with Crippen LogP contribution in [0.5, 0.6) is 0 Å². The lowest BCUT2D eigenvalue weighted by molar-refractivity contribution is 0.642. The van der Waals surface area contributed by atoms with Crippen molar-refractivity contribution in [3.05, 3.63) is 214 Å². The van der Waals surface area contributed by atoms with Crippen molar-refractivity contribution in [3.8, 4) is 45.2 Å². The molecule has 0 saturated heterocycles. The van der Waals surface area contributed by atoms with Crippen LogP contribution in [0.3, 0.4) is 0 Å². The lowest BCUT2D eigenvalue weighted by Crippen LogP contribution is -1.99. The SMILES string of the molecule is CCC(CC)c1c2nc(cc3ccc([nH]3)c(C#Cc3ccc(-c4c5nc(c(-c6ccccc6)c6ccc(cc7nc(c(-c8ccccc8)c8ccc4[nH]8)C=C7)[nH]6)C=C5)cc3)c3nc(cc4ccc1[nH]4)C=C3)C=C2. The molecule has 73 heavy (non-hydrogen) atoms. The zero-order valence-corrected chi connectivity index (χ0v) is 40.3. The van der Waals surface area contributed by atoms with E-state index < -0.39 is 0 Å². The van der Waals surface area contributed by atoms with Crippen LogP contribution in [-0.4, -0.2) is 39.9 Å². The van der Waals surface area contributed by atoms with Crippen LogP contribution in [0, 0.1) is 11.8 Å². The van der Waals surface area contributed by atoms with Crippen LogP contribution in [0.25, 0.3) is 126 Å². The van der Waals surface area contributed by atoms with Gasteiger partial charge in [-0.15, -0.1) is 0 Å². The highest BCUT2D eigenvalue weighted by Crippen LogP contribution is 2.37. The Morgan fingerprint density at radius 3 is 1.38 bits per heavy atom. The molecule has 0 saturated carbocycles. The van der Waals surface area contributed by atoms with Crippen LogP contribution in [0.4, 0.5) is 0 Å². The largest absolute Gasteiger partial charge is 0.355 e. The third-order valence-electron chi connectivity index (χ3n) is 14.0. The van der Waals surface area contributed by atoms with E-state index in [-0.39, 0.29) is 0 Å².